The van der Waals surface area contributed by atoms with Crippen LogP contribution in [0.15, 0.2) is 140 Å². The van der Waals surface area contributed by atoms with Crippen LogP contribution in [0.25, 0.3) is 33.6 Å². The zero-order chi connectivity index (χ0) is 28.4. The highest BCUT2D eigenvalue weighted by Gasteiger charge is 2.22. The molecule has 202 valence electrons. The van der Waals surface area contributed by atoms with Gasteiger partial charge < -0.3 is 9.47 Å². The van der Waals surface area contributed by atoms with Crippen LogP contribution >= 0.6 is 0 Å². The Kier molecular flexibility index (Phi) is 7.03. The molecule has 0 spiro atoms. The molecule has 3 nitrogen and oxygen atoms in total. The standard InChI is InChI=1S/C38H35N3/c1-28-12-14-31(15-13-28)36-24-25-37(41(36)38(2,3)4)32-18-22-34(23-19-32)40(35-11-8-26-39-27-35)33-20-16-30(17-21-33)29-9-6-5-7-10-29/h5-27H,1-4H3. The van der Waals surface area contributed by atoms with Crippen LogP contribution in [0.1, 0.15) is 26.3 Å². The van der Waals surface area contributed by atoms with Crippen LogP contribution in [0.2, 0.25) is 0 Å². The molecule has 2 heterocycles. The Bertz CT molecular complexity index is 1720. The van der Waals surface area contributed by atoms with Crippen molar-refractivity contribution in [3.8, 4) is 33.6 Å². The van der Waals surface area contributed by atoms with Gasteiger partial charge in [0.15, 0.2) is 0 Å². The summed E-state index contributed by atoms with van der Waals surface area (Å²) in [7, 11) is 0. The molecule has 0 radical (unpaired) electrons. The van der Waals surface area contributed by atoms with Gasteiger partial charge in [-0.15, -0.1) is 0 Å². The minimum atomic E-state index is -0.0834. The van der Waals surface area contributed by atoms with E-state index in [1.807, 2.05) is 24.5 Å². The van der Waals surface area contributed by atoms with Crippen molar-refractivity contribution in [1.82, 2.24) is 9.55 Å². The number of pyridine rings is 1. The summed E-state index contributed by atoms with van der Waals surface area (Å²) >= 11 is 0. The van der Waals surface area contributed by atoms with Crippen LogP contribution in [0.5, 0.6) is 0 Å². The number of hydrogen-bond donors (Lipinski definition) is 0. The summed E-state index contributed by atoms with van der Waals surface area (Å²) in [6.07, 6.45) is 3.73. The van der Waals surface area contributed by atoms with Crippen LogP contribution in [-0.2, 0) is 5.54 Å². The Balaban J connectivity index is 1.38. The fraction of sp³-hybridized carbons (Fsp3) is 0.132. The van der Waals surface area contributed by atoms with Crippen LogP contribution in [-0.4, -0.2) is 9.55 Å². The van der Waals surface area contributed by atoms with Crippen LogP contribution < -0.4 is 4.90 Å². The lowest BCUT2D eigenvalue weighted by atomic mass is 10.0. The van der Waals surface area contributed by atoms with Gasteiger partial charge in [0.1, 0.15) is 0 Å². The highest BCUT2D eigenvalue weighted by molar-refractivity contribution is 5.80. The maximum absolute atomic E-state index is 4.42. The molecule has 0 aliphatic carbocycles. The zero-order valence-corrected chi connectivity index (χ0v) is 24.1. The number of aromatic nitrogens is 2. The quantitative estimate of drug-likeness (QED) is 0.212. The molecule has 0 N–H and O–H groups in total. The van der Waals surface area contributed by atoms with Crippen molar-refractivity contribution in [3.05, 3.63) is 145 Å². The molecule has 6 aromatic rings. The fourth-order valence-electron chi connectivity index (χ4n) is 5.48. The van der Waals surface area contributed by atoms with Crippen LogP contribution in [0, 0.1) is 6.92 Å². The molecule has 0 aliphatic heterocycles. The topological polar surface area (TPSA) is 21.1 Å². The number of nitrogens with zero attached hydrogens (tertiary/aromatic N) is 3. The Hall–Kier alpha value is -4.89. The second kappa shape index (κ2) is 10.9. The molecule has 0 atom stereocenters. The van der Waals surface area contributed by atoms with Gasteiger partial charge in [0.25, 0.3) is 0 Å². The maximum Gasteiger partial charge on any atom is 0.0644 e. The Morgan fingerprint density at radius 3 is 1.54 bits per heavy atom. The van der Waals surface area contributed by atoms with E-state index >= 15 is 0 Å². The largest absolute Gasteiger partial charge is 0.335 e. The highest BCUT2D eigenvalue weighted by Crippen LogP contribution is 2.38. The zero-order valence-electron chi connectivity index (χ0n) is 24.1. The van der Waals surface area contributed by atoms with Gasteiger partial charge in [0, 0.05) is 34.5 Å². The first-order valence-electron chi connectivity index (χ1n) is 14.1. The second-order valence-electron chi connectivity index (χ2n) is 11.5. The molecular formula is C38H35N3. The molecule has 0 saturated carbocycles. The van der Waals surface area contributed by atoms with Gasteiger partial charge in [-0.2, -0.15) is 0 Å². The SMILES string of the molecule is Cc1ccc(-c2ccc(-c3ccc(N(c4ccc(-c5ccccc5)cc4)c4cccnc4)cc3)n2C(C)(C)C)cc1. The van der Waals surface area contributed by atoms with E-state index in [2.05, 4.69) is 157 Å². The molecule has 6 rings (SSSR count). The monoisotopic (exact) mass is 533 g/mol. The second-order valence-corrected chi connectivity index (χ2v) is 11.5. The number of anilines is 3. The number of rotatable bonds is 6. The molecule has 0 amide bonds. The van der Waals surface area contributed by atoms with E-state index < -0.39 is 0 Å². The van der Waals surface area contributed by atoms with Crippen molar-refractivity contribution in [2.24, 2.45) is 0 Å². The molecule has 41 heavy (non-hydrogen) atoms. The van der Waals surface area contributed by atoms with E-state index in [1.54, 1.807) is 0 Å². The normalized spacial score (nSPS) is 11.4. The molecule has 4 aromatic carbocycles. The van der Waals surface area contributed by atoms with Gasteiger partial charge >= 0.3 is 0 Å². The molecule has 0 bridgehead atoms. The highest BCUT2D eigenvalue weighted by atomic mass is 15.1. The third-order valence-corrected chi connectivity index (χ3v) is 7.46. The maximum atomic E-state index is 4.42. The molecule has 0 fully saturated rings. The predicted molar refractivity (Wildman–Crippen MR) is 173 cm³/mol. The minimum absolute atomic E-state index is 0.0834. The molecule has 0 saturated heterocycles. The molecule has 0 aliphatic rings. The first-order valence-corrected chi connectivity index (χ1v) is 14.1. The lowest BCUT2D eigenvalue weighted by molar-refractivity contribution is 0.407. The summed E-state index contributed by atoms with van der Waals surface area (Å²) in [6, 6.07) is 45.5. The first-order chi connectivity index (χ1) is 19.9. The Labute approximate surface area is 243 Å². The van der Waals surface area contributed by atoms with Crippen molar-refractivity contribution in [3.63, 3.8) is 0 Å². The van der Waals surface area contributed by atoms with Crippen molar-refractivity contribution in [1.29, 1.82) is 0 Å². The summed E-state index contributed by atoms with van der Waals surface area (Å²) in [5.41, 5.74) is 11.6. The molecule has 0 unspecified atom stereocenters. The van der Waals surface area contributed by atoms with Crippen LogP contribution in [0.4, 0.5) is 17.1 Å². The lowest BCUT2D eigenvalue weighted by Gasteiger charge is -2.28. The molecular weight excluding hydrogens is 498 g/mol. The third kappa shape index (κ3) is 5.44. The fourth-order valence-corrected chi connectivity index (χ4v) is 5.48. The van der Waals surface area contributed by atoms with Crippen molar-refractivity contribution in [2.45, 2.75) is 33.2 Å². The van der Waals surface area contributed by atoms with Gasteiger partial charge in [-0.1, -0.05) is 84.4 Å². The summed E-state index contributed by atoms with van der Waals surface area (Å²) in [4.78, 5) is 6.67. The molecule has 3 heteroatoms. The van der Waals surface area contributed by atoms with E-state index in [4.69, 9.17) is 0 Å². The number of aryl methyl sites for hydroxylation is 1. The van der Waals surface area contributed by atoms with Crippen molar-refractivity contribution in [2.75, 3.05) is 4.90 Å². The van der Waals surface area contributed by atoms with E-state index in [0.29, 0.717) is 0 Å². The van der Waals surface area contributed by atoms with Gasteiger partial charge in [-0.05, 0) is 98.5 Å². The van der Waals surface area contributed by atoms with Gasteiger partial charge in [-0.25, -0.2) is 0 Å². The van der Waals surface area contributed by atoms with E-state index in [0.717, 1.165) is 17.1 Å². The van der Waals surface area contributed by atoms with E-state index in [-0.39, 0.29) is 5.54 Å². The van der Waals surface area contributed by atoms with Crippen molar-refractivity contribution < 1.29 is 0 Å². The lowest BCUT2D eigenvalue weighted by Crippen LogP contribution is -2.23. The van der Waals surface area contributed by atoms with E-state index in [1.165, 1.54) is 39.2 Å². The Morgan fingerprint density at radius 2 is 1.02 bits per heavy atom. The average Bonchev–Trinajstić information content (AvgIpc) is 3.46. The minimum Gasteiger partial charge on any atom is -0.335 e. The van der Waals surface area contributed by atoms with Crippen LogP contribution in [0.3, 0.4) is 0 Å². The number of benzene rings is 4. The summed E-state index contributed by atoms with van der Waals surface area (Å²) < 4.78 is 2.45. The van der Waals surface area contributed by atoms with Gasteiger partial charge in [-0.3, -0.25) is 4.98 Å². The summed E-state index contributed by atoms with van der Waals surface area (Å²) in [5.74, 6) is 0. The molecule has 2 aromatic heterocycles. The predicted octanol–water partition coefficient (Wildman–Crippen LogP) is 10.4. The van der Waals surface area contributed by atoms with Gasteiger partial charge in [0.2, 0.25) is 0 Å². The van der Waals surface area contributed by atoms with E-state index in [9.17, 15) is 0 Å². The number of hydrogen-bond acceptors (Lipinski definition) is 2. The smallest absolute Gasteiger partial charge is 0.0644 e. The average molecular weight is 534 g/mol. The third-order valence-electron chi connectivity index (χ3n) is 7.46. The summed E-state index contributed by atoms with van der Waals surface area (Å²) in [5, 5.41) is 0. The first kappa shape index (κ1) is 26.3. The Morgan fingerprint density at radius 1 is 0.512 bits per heavy atom. The summed E-state index contributed by atoms with van der Waals surface area (Å²) in [6.45, 7) is 8.94. The van der Waals surface area contributed by atoms with Gasteiger partial charge in [0.05, 0.1) is 11.9 Å². The van der Waals surface area contributed by atoms with Crippen molar-refractivity contribution >= 4 is 17.1 Å².